The molecule has 0 aromatic rings. The Kier molecular flexibility index (Phi) is 6.20. The van der Waals surface area contributed by atoms with E-state index in [4.69, 9.17) is 4.18 Å². The summed E-state index contributed by atoms with van der Waals surface area (Å²) in [5.74, 6) is 0.842. The van der Waals surface area contributed by atoms with Gasteiger partial charge >= 0.3 is 0 Å². The van der Waals surface area contributed by atoms with Crippen LogP contribution in [0, 0.1) is 5.92 Å². The molecule has 1 saturated carbocycles. The van der Waals surface area contributed by atoms with Gasteiger partial charge in [-0.3, -0.25) is 4.18 Å². The molecule has 0 radical (unpaired) electrons. The fraction of sp³-hybridized carbons (Fsp3) is 0.846. The molecule has 17 heavy (non-hydrogen) atoms. The van der Waals surface area contributed by atoms with Crippen LogP contribution in [0.1, 0.15) is 51.9 Å². The monoisotopic (exact) mass is 260 g/mol. The quantitative estimate of drug-likeness (QED) is 0.544. The summed E-state index contributed by atoms with van der Waals surface area (Å²) in [5, 5.41) is 0. The minimum absolute atomic E-state index is 0.270. The van der Waals surface area contributed by atoms with E-state index in [-0.39, 0.29) is 6.61 Å². The molecular formula is C13H24O3S. The Bertz CT molecular complexity index is 338. The molecule has 1 fully saturated rings. The first-order valence-corrected chi connectivity index (χ1v) is 8.29. The lowest BCUT2D eigenvalue weighted by Crippen LogP contribution is -2.06. The number of hydrogen-bond donors (Lipinski definition) is 0. The lowest BCUT2D eigenvalue weighted by Gasteiger charge is -2.20. The molecule has 0 heterocycles. The van der Waals surface area contributed by atoms with E-state index < -0.39 is 10.1 Å². The summed E-state index contributed by atoms with van der Waals surface area (Å²) in [4.78, 5) is 0. The Morgan fingerprint density at radius 3 is 2.53 bits per heavy atom. The van der Waals surface area contributed by atoms with Crippen molar-refractivity contribution in [3.8, 4) is 0 Å². The average Bonchev–Trinajstić information content (AvgIpc) is 2.26. The first-order valence-electron chi connectivity index (χ1n) is 6.47. The molecule has 0 amide bonds. The van der Waals surface area contributed by atoms with E-state index in [0.29, 0.717) is 6.42 Å². The van der Waals surface area contributed by atoms with Gasteiger partial charge in [0.15, 0.2) is 0 Å². The highest BCUT2D eigenvalue weighted by Gasteiger charge is 2.11. The SMILES string of the molecule is C/C(=C/CC1CCCCC1)CCOS(C)(=O)=O. The van der Waals surface area contributed by atoms with Gasteiger partial charge in [-0.15, -0.1) is 0 Å². The third-order valence-corrected chi connectivity index (χ3v) is 3.91. The second-order valence-corrected chi connectivity index (χ2v) is 6.71. The Labute approximate surface area is 105 Å². The molecule has 0 atom stereocenters. The van der Waals surface area contributed by atoms with Crippen molar-refractivity contribution in [1.82, 2.24) is 0 Å². The van der Waals surface area contributed by atoms with Crippen LogP contribution in [0.3, 0.4) is 0 Å². The molecule has 0 bridgehead atoms. The zero-order valence-corrected chi connectivity index (χ0v) is 11.8. The van der Waals surface area contributed by atoms with Crippen LogP contribution in [0.15, 0.2) is 11.6 Å². The first-order chi connectivity index (χ1) is 7.97. The molecule has 100 valence electrons. The molecule has 1 aliphatic rings. The van der Waals surface area contributed by atoms with Gasteiger partial charge in [0.25, 0.3) is 10.1 Å². The van der Waals surface area contributed by atoms with Crippen LogP contribution in [0.2, 0.25) is 0 Å². The second kappa shape index (κ2) is 7.17. The predicted molar refractivity (Wildman–Crippen MR) is 70.4 cm³/mol. The smallest absolute Gasteiger partial charge is 0.264 e. The van der Waals surface area contributed by atoms with Crippen LogP contribution in [0.5, 0.6) is 0 Å². The lowest BCUT2D eigenvalue weighted by atomic mass is 9.86. The van der Waals surface area contributed by atoms with Gasteiger partial charge in [0.05, 0.1) is 12.9 Å². The molecule has 1 rings (SSSR count). The van der Waals surface area contributed by atoms with Gasteiger partial charge in [-0.1, -0.05) is 43.8 Å². The minimum Gasteiger partial charge on any atom is -0.270 e. The fourth-order valence-electron chi connectivity index (χ4n) is 2.25. The lowest BCUT2D eigenvalue weighted by molar-refractivity contribution is 0.324. The highest BCUT2D eigenvalue weighted by Crippen LogP contribution is 2.27. The van der Waals surface area contributed by atoms with Crippen molar-refractivity contribution in [2.24, 2.45) is 5.92 Å². The van der Waals surface area contributed by atoms with Gasteiger partial charge in [-0.05, 0) is 25.7 Å². The summed E-state index contributed by atoms with van der Waals surface area (Å²) in [6, 6.07) is 0. The molecule has 0 aromatic heterocycles. The van der Waals surface area contributed by atoms with Crippen molar-refractivity contribution < 1.29 is 12.6 Å². The Morgan fingerprint density at radius 1 is 1.29 bits per heavy atom. The maximum Gasteiger partial charge on any atom is 0.264 e. The summed E-state index contributed by atoms with van der Waals surface area (Å²) >= 11 is 0. The van der Waals surface area contributed by atoms with Crippen LogP contribution < -0.4 is 0 Å². The van der Waals surface area contributed by atoms with Crippen LogP contribution >= 0.6 is 0 Å². The standard InChI is InChI=1S/C13H24O3S/c1-12(10-11-16-17(2,14)15)8-9-13-6-4-3-5-7-13/h8,13H,3-7,9-11H2,1-2H3/b12-8-. The summed E-state index contributed by atoms with van der Waals surface area (Å²) in [7, 11) is -3.28. The van der Waals surface area contributed by atoms with E-state index in [1.165, 1.54) is 37.7 Å². The van der Waals surface area contributed by atoms with Gasteiger partial charge in [0.1, 0.15) is 0 Å². The van der Waals surface area contributed by atoms with E-state index in [9.17, 15) is 8.42 Å². The maximum absolute atomic E-state index is 10.8. The molecular weight excluding hydrogens is 236 g/mol. The van der Waals surface area contributed by atoms with Crippen molar-refractivity contribution in [3.05, 3.63) is 11.6 Å². The van der Waals surface area contributed by atoms with Crippen molar-refractivity contribution in [3.63, 3.8) is 0 Å². The summed E-state index contributed by atoms with van der Waals surface area (Å²) in [5.41, 5.74) is 1.24. The highest BCUT2D eigenvalue weighted by molar-refractivity contribution is 7.85. The largest absolute Gasteiger partial charge is 0.270 e. The van der Waals surface area contributed by atoms with Crippen LogP contribution in [-0.4, -0.2) is 21.3 Å². The van der Waals surface area contributed by atoms with Gasteiger partial charge in [-0.25, -0.2) is 0 Å². The van der Waals surface area contributed by atoms with Gasteiger partial charge in [0.2, 0.25) is 0 Å². The maximum atomic E-state index is 10.8. The first kappa shape index (κ1) is 14.7. The fourth-order valence-corrected chi connectivity index (χ4v) is 2.63. The van der Waals surface area contributed by atoms with Crippen LogP contribution in [-0.2, 0) is 14.3 Å². The van der Waals surface area contributed by atoms with Crippen molar-refractivity contribution >= 4 is 10.1 Å². The number of hydrogen-bond acceptors (Lipinski definition) is 3. The van der Waals surface area contributed by atoms with Crippen molar-refractivity contribution in [2.75, 3.05) is 12.9 Å². The molecule has 0 spiro atoms. The molecule has 0 saturated heterocycles. The van der Waals surface area contributed by atoms with Crippen molar-refractivity contribution in [1.29, 1.82) is 0 Å². The minimum atomic E-state index is -3.28. The van der Waals surface area contributed by atoms with Gasteiger partial charge in [-0.2, -0.15) is 8.42 Å². The summed E-state index contributed by atoms with van der Waals surface area (Å²) in [6.07, 6.45) is 12.0. The highest BCUT2D eigenvalue weighted by atomic mass is 32.2. The topological polar surface area (TPSA) is 43.4 Å². The van der Waals surface area contributed by atoms with E-state index in [2.05, 4.69) is 13.0 Å². The Morgan fingerprint density at radius 2 is 1.94 bits per heavy atom. The van der Waals surface area contributed by atoms with Gasteiger partial charge in [0, 0.05) is 0 Å². The Hall–Kier alpha value is -0.350. The Balaban J connectivity index is 2.19. The molecule has 3 nitrogen and oxygen atoms in total. The third kappa shape index (κ3) is 7.55. The number of rotatable bonds is 6. The summed E-state index contributed by atoms with van der Waals surface area (Å²) in [6.45, 7) is 2.32. The second-order valence-electron chi connectivity index (χ2n) is 5.07. The summed E-state index contributed by atoms with van der Waals surface area (Å²) < 4.78 is 26.3. The molecule has 0 aliphatic heterocycles. The molecule has 0 N–H and O–H groups in total. The molecule has 4 heteroatoms. The normalized spacial score (nSPS) is 19.5. The predicted octanol–water partition coefficient (Wildman–Crippen LogP) is 3.27. The van der Waals surface area contributed by atoms with E-state index >= 15 is 0 Å². The molecule has 0 aromatic carbocycles. The van der Waals surface area contributed by atoms with E-state index in [1.54, 1.807) is 0 Å². The van der Waals surface area contributed by atoms with Crippen LogP contribution in [0.4, 0.5) is 0 Å². The van der Waals surface area contributed by atoms with Crippen LogP contribution in [0.25, 0.3) is 0 Å². The molecule has 1 aliphatic carbocycles. The van der Waals surface area contributed by atoms with E-state index in [1.807, 2.05) is 0 Å². The van der Waals surface area contributed by atoms with E-state index in [0.717, 1.165) is 18.6 Å². The van der Waals surface area contributed by atoms with Crippen molar-refractivity contribution in [2.45, 2.75) is 51.9 Å². The zero-order valence-electron chi connectivity index (χ0n) is 10.9. The number of allylic oxidation sites excluding steroid dienone is 1. The average molecular weight is 260 g/mol. The zero-order chi connectivity index (χ0) is 12.7. The third-order valence-electron chi connectivity index (χ3n) is 3.32. The molecule has 0 unspecified atom stereocenters. The van der Waals surface area contributed by atoms with Gasteiger partial charge < -0.3 is 0 Å².